The molecule has 2 aromatic rings. The molecular formula is C10H12N6O. The predicted octanol–water partition coefficient (Wildman–Crippen LogP) is 0.647. The molecule has 0 radical (unpaired) electrons. The normalized spacial score (nSPS) is 14.9. The number of hydrogen-bond donors (Lipinski definition) is 2. The zero-order chi connectivity index (χ0) is 11.8. The number of aromatic amines is 1. The summed E-state index contributed by atoms with van der Waals surface area (Å²) in [5.41, 5.74) is 1.52. The number of rotatable bonds is 3. The minimum Gasteiger partial charge on any atom is -0.321 e. The Hall–Kier alpha value is -2.18. The van der Waals surface area contributed by atoms with Crippen LogP contribution in [0.5, 0.6) is 0 Å². The monoisotopic (exact) mass is 232 g/mol. The number of amides is 1. The van der Waals surface area contributed by atoms with Crippen LogP contribution in [0.25, 0.3) is 5.82 Å². The lowest BCUT2D eigenvalue weighted by atomic mass is 10.3. The molecule has 2 heterocycles. The smallest absolute Gasteiger partial charge is 0.227 e. The number of carbonyl (C=O) groups is 1. The highest BCUT2D eigenvalue weighted by Crippen LogP contribution is 2.31. The number of aryl methyl sites for hydroxylation is 1. The van der Waals surface area contributed by atoms with Gasteiger partial charge >= 0.3 is 0 Å². The minimum atomic E-state index is 0.0591. The predicted molar refractivity (Wildman–Crippen MR) is 59.6 cm³/mol. The summed E-state index contributed by atoms with van der Waals surface area (Å²) < 4.78 is 1.66. The highest BCUT2D eigenvalue weighted by molar-refractivity contribution is 5.96. The number of hydrogen-bond acceptors (Lipinski definition) is 4. The first-order valence-electron chi connectivity index (χ1n) is 5.46. The fourth-order valence-electron chi connectivity index (χ4n) is 1.63. The van der Waals surface area contributed by atoms with Gasteiger partial charge in [-0.2, -0.15) is 5.10 Å². The molecule has 0 bridgehead atoms. The lowest BCUT2D eigenvalue weighted by Gasteiger charge is -2.05. The second-order valence-corrected chi connectivity index (χ2v) is 4.18. The van der Waals surface area contributed by atoms with E-state index in [0.29, 0.717) is 11.5 Å². The Morgan fingerprint density at radius 3 is 2.82 bits per heavy atom. The lowest BCUT2D eigenvalue weighted by molar-refractivity contribution is -0.117. The minimum absolute atomic E-state index is 0.0591. The van der Waals surface area contributed by atoms with Gasteiger partial charge in [0.05, 0.1) is 5.69 Å². The van der Waals surface area contributed by atoms with E-state index in [0.717, 1.165) is 18.5 Å². The van der Waals surface area contributed by atoms with E-state index in [2.05, 4.69) is 25.7 Å². The maximum atomic E-state index is 11.8. The molecule has 0 atom stereocenters. The Morgan fingerprint density at radius 1 is 1.47 bits per heavy atom. The van der Waals surface area contributed by atoms with Crippen molar-refractivity contribution in [1.82, 2.24) is 25.0 Å². The number of anilines is 1. The van der Waals surface area contributed by atoms with Gasteiger partial charge in [-0.3, -0.25) is 14.5 Å². The molecule has 17 heavy (non-hydrogen) atoms. The molecule has 1 aliphatic rings. The molecule has 7 nitrogen and oxygen atoms in total. The molecule has 0 saturated heterocycles. The van der Waals surface area contributed by atoms with Crippen molar-refractivity contribution in [2.45, 2.75) is 19.8 Å². The second kappa shape index (κ2) is 3.69. The topological polar surface area (TPSA) is 88.5 Å². The van der Waals surface area contributed by atoms with Crippen molar-refractivity contribution in [3.05, 3.63) is 18.3 Å². The first-order chi connectivity index (χ1) is 8.25. The maximum Gasteiger partial charge on any atom is 0.227 e. The molecule has 0 unspecified atom stereocenters. The Balaban J connectivity index is 1.92. The maximum absolute atomic E-state index is 11.8. The molecule has 88 valence electrons. The van der Waals surface area contributed by atoms with Gasteiger partial charge in [0, 0.05) is 5.92 Å². The third-order valence-electron chi connectivity index (χ3n) is 2.79. The molecule has 1 aliphatic carbocycles. The number of H-pyrrole nitrogens is 1. The van der Waals surface area contributed by atoms with Crippen LogP contribution < -0.4 is 5.32 Å². The summed E-state index contributed by atoms with van der Waals surface area (Å²) in [6.45, 7) is 1.86. The van der Waals surface area contributed by atoms with Gasteiger partial charge in [0.1, 0.15) is 18.3 Å². The average molecular weight is 232 g/mol. The third-order valence-corrected chi connectivity index (χ3v) is 2.79. The lowest BCUT2D eigenvalue weighted by Crippen LogP contribution is -2.15. The van der Waals surface area contributed by atoms with Crippen molar-refractivity contribution in [3.63, 3.8) is 0 Å². The standard InChI is InChI=1S/C10H12N6O/c1-6-8(13-10(17)7-2-3-7)9(15-14-6)16-4-11-12-5-16/h4-5,7H,2-3H2,1H3,(H,13,17)(H,14,15). The number of aromatic nitrogens is 5. The second-order valence-electron chi connectivity index (χ2n) is 4.18. The van der Waals surface area contributed by atoms with Crippen LogP contribution >= 0.6 is 0 Å². The van der Waals surface area contributed by atoms with Crippen LogP contribution in [0.15, 0.2) is 12.7 Å². The van der Waals surface area contributed by atoms with E-state index in [-0.39, 0.29) is 11.8 Å². The van der Waals surface area contributed by atoms with Crippen molar-refractivity contribution in [3.8, 4) is 5.82 Å². The fourth-order valence-corrected chi connectivity index (χ4v) is 1.63. The molecule has 2 aromatic heterocycles. The van der Waals surface area contributed by atoms with Crippen LogP contribution in [-0.4, -0.2) is 30.9 Å². The van der Waals surface area contributed by atoms with Crippen molar-refractivity contribution in [1.29, 1.82) is 0 Å². The van der Waals surface area contributed by atoms with Crippen molar-refractivity contribution >= 4 is 11.6 Å². The highest BCUT2D eigenvalue weighted by atomic mass is 16.2. The Morgan fingerprint density at radius 2 is 2.18 bits per heavy atom. The molecular weight excluding hydrogens is 220 g/mol. The van der Waals surface area contributed by atoms with E-state index >= 15 is 0 Å². The summed E-state index contributed by atoms with van der Waals surface area (Å²) in [5.74, 6) is 0.836. The molecule has 1 amide bonds. The van der Waals surface area contributed by atoms with Gasteiger partial charge in [-0.05, 0) is 19.8 Å². The Kier molecular flexibility index (Phi) is 2.17. The highest BCUT2D eigenvalue weighted by Gasteiger charge is 2.30. The van der Waals surface area contributed by atoms with Gasteiger partial charge in [0.25, 0.3) is 0 Å². The molecule has 0 aromatic carbocycles. The van der Waals surface area contributed by atoms with Crippen LogP contribution in [0.1, 0.15) is 18.5 Å². The van der Waals surface area contributed by atoms with Crippen molar-refractivity contribution in [2.75, 3.05) is 5.32 Å². The molecule has 7 heteroatoms. The SMILES string of the molecule is Cc1[nH]nc(-n2cnnc2)c1NC(=O)C1CC1. The summed E-state index contributed by atoms with van der Waals surface area (Å²) in [7, 11) is 0. The number of carbonyl (C=O) groups excluding carboxylic acids is 1. The Labute approximate surface area is 97.2 Å². The van der Waals surface area contributed by atoms with Crippen LogP contribution in [0.4, 0.5) is 5.69 Å². The van der Waals surface area contributed by atoms with Gasteiger partial charge in [0.2, 0.25) is 5.91 Å². The molecule has 0 spiro atoms. The molecule has 1 fully saturated rings. The number of nitrogens with zero attached hydrogens (tertiary/aromatic N) is 4. The summed E-state index contributed by atoms with van der Waals surface area (Å²) in [4.78, 5) is 11.8. The van der Waals surface area contributed by atoms with Crippen molar-refractivity contribution < 1.29 is 4.79 Å². The van der Waals surface area contributed by atoms with Crippen LogP contribution in [-0.2, 0) is 4.79 Å². The molecule has 0 aliphatic heterocycles. The first-order valence-corrected chi connectivity index (χ1v) is 5.46. The molecule has 3 rings (SSSR count). The first kappa shape index (κ1) is 10.0. The van der Waals surface area contributed by atoms with Crippen molar-refractivity contribution in [2.24, 2.45) is 5.92 Å². The van der Waals surface area contributed by atoms with Gasteiger partial charge in [-0.25, -0.2) is 0 Å². The zero-order valence-corrected chi connectivity index (χ0v) is 9.34. The fraction of sp³-hybridized carbons (Fsp3) is 0.400. The third kappa shape index (κ3) is 1.79. The summed E-state index contributed by atoms with van der Waals surface area (Å²) >= 11 is 0. The average Bonchev–Trinajstić information content (AvgIpc) is 2.93. The van der Waals surface area contributed by atoms with Crippen LogP contribution in [0.3, 0.4) is 0 Å². The van der Waals surface area contributed by atoms with E-state index in [9.17, 15) is 4.79 Å². The summed E-state index contributed by atoms with van der Waals surface area (Å²) in [6, 6.07) is 0. The summed E-state index contributed by atoms with van der Waals surface area (Å²) in [6.07, 6.45) is 5.04. The quantitative estimate of drug-likeness (QED) is 0.813. The van der Waals surface area contributed by atoms with E-state index in [1.165, 1.54) is 0 Å². The Bertz CT molecular complexity index is 539. The van der Waals surface area contributed by atoms with Gasteiger partial charge in [-0.15, -0.1) is 10.2 Å². The van der Waals surface area contributed by atoms with E-state index in [4.69, 9.17) is 0 Å². The van der Waals surface area contributed by atoms with Gasteiger partial charge < -0.3 is 5.32 Å². The largest absolute Gasteiger partial charge is 0.321 e. The molecule has 2 N–H and O–H groups in total. The van der Waals surface area contributed by atoms with Gasteiger partial charge in [0.15, 0.2) is 5.82 Å². The van der Waals surface area contributed by atoms with E-state index in [1.54, 1.807) is 17.2 Å². The van der Waals surface area contributed by atoms with Crippen LogP contribution in [0.2, 0.25) is 0 Å². The summed E-state index contributed by atoms with van der Waals surface area (Å²) in [5, 5.41) is 17.3. The van der Waals surface area contributed by atoms with E-state index in [1.807, 2.05) is 6.92 Å². The zero-order valence-electron chi connectivity index (χ0n) is 9.34. The van der Waals surface area contributed by atoms with Crippen LogP contribution in [0, 0.1) is 12.8 Å². The number of nitrogens with one attached hydrogen (secondary N) is 2. The van der Waals surface area contributed by atoms with E-state index < -0.39 is 0 Å². The molecule has 1 saturated carbocycles. The van der Waals surface area contributed by atoms with Gasteiger partial charge in [-0.1, -0.05) is 0 Å².